The molecule has 1 aromatic rings. The second kappa shape index (κ2) is 5.01. The van der Waals surface area contributed by atoms with Gasteiger partial charge in [-0.1, -0.05) is 33.1 Å². The smallest absolute Gasteiger partial charge is 0.139 e. The van der Waals surface area contributed by atoms with Gasteiger partial charge in [0.2, 0.25) is 0 Å². The van der Waals surface area contributed by atoms with E-state index >= 15 is 0 Å². The van der Waals surface area contributed by atoms with Crippen molar-refractivity contribution in [2.24, 2.45) is 5.73 Å². The number of nitrogens with two attached hydrogens (primary N) is 1. The first kappa shape index (κ1) is 12.6. The highest BCUT2D eigenvalue weighted by Crippen LogP contribution is 2.35. The average Bonchev–Trinajstić information content (AvgIpc) is 2.09. The van der Waals surface area contributed by atoms with E-state index in [-0.39, 0.29) is 11.8 Å². The highest BCUT2D eigenvalue weighted by Gasteiger charge is 2.14. The lowest BCUT2D eigenvalue weighted by Gasteiger charge is -2.14. The third kappa shape index (κ3) is 3.23. The van der Waals surface area contributed by atoms with E-state index < -0.39 is 0 Å². The standard InChI is InChI=1S/C11H13BrClNO/c1-6(2)3-10(14)8-4-7(12)5-9(13)11(8)15/h4-5,10,15H,1,3,14H2,2H3/t10-/m1/s1. The Balaban J connectivity index is 3.07. The lowest BCUT2D eigenvalue weighted by atomic mass is 10.0. The summed E-state index contributed by atoms with van der Waals surface area (Å²) in [5.74, 6) is 0.0496. The monoisotopic (exact) mass is 289 g/mol. The molecular formula is C11H13BrClNO. The minimum Gasteiger partial charge on any atom is -0.506 e. The summed E-state index contributed by atoms with van der Waals surface area (Å²) in [5, 5.41) is 10.0. The molecule has 0 aliphatic carbocycles. The van der Waals surface area contributed by atoms with Crippen molar-refractivity contribution in [3.05, 3.63) is 39.3 Å². The van der Waals surface area contributed by atoms with E-state index in [1.54, 1.807) is 12.1 Å². The van der Waals surface area contributed by atoms with Crippen LogP contribution in [0.2, 0.25) is 5.02 Å². The highest BCUT2D eigenvalue weighted by atomic mass is 79.9. The summed E-state index contributed by atoms with van der Waals surface area (Å²) in [6, 6.07) is 3.13. The molecule has 0 aliphatic heterocycles. The zero-order valence-electron chi connectivity index (χ0n) is 8.43. The first-order valence-corrected chi connectivity index (χ1v) is 5.66. The van der Waals surface area contributed by atoms with Crippen LogP contribution >= 0.6 is 27.5 Å². The number of hydrogen-bond acceptors (Lipinski definition) is 2. The summed E-state index contributed by atoms with van der Waals surface area (Å²) in [6.07, 6.45) is 0.625. The van der Waals surface area contributed by atoms with Gasteiger partial charge >= 0.3 is 0 Å². The van der Waals surface area contributed by atoms with Gasteiger partial charge in [0.1, 0.15) is 5.75 Å². The van der Waals surface area contributed by atoms with Crippen LogP contribution in [0.25, 0.3) is 0 Å². The Labute approximate surface area is 103 Å². The minimum absolute atomic E-state index is 0.0496. The number of halogens is 2. The van der Waals surface area contributed by atoms with Gasteiger partial charge in [-0.15, -0.1) is 6.58 Å². The zero-order valence-corrected chi connectivity index (χ0v) is 10.8. The Morgan fingerprint density at radius 2 is 2.27 bits per heavy atom. The molecule has 0 radical (unpaired) electrons. The largest absolute Gasteiger partial charge is 0.506 e. The zero-order chi connectivity index (χ0) is 11.6. The summed E-state index contributed by atoms with van der Waals surface area (Å²) >= 11 is 9.15. The van der Waals surface area contributed by atoms with Crippen molar-refractivity contribution in [1.82, 2.24) is 0 Å². The van der Waals surface area contributed by atoms with Gasteiger partial charge < -0.3 is 10.8 Å². The Bertz CT molecular complexity index is 392. The molecule has 0 unspecified atom stereocenters. The number of benzene rings is 1. The Morgan fingerprint density at radius 1 is 1.67 bits per heavy atom. The Morgan fingerprint density at radius 3 is 2.80 bits per heavy atom. The number of phenols is 1. The van der Waals surface area contributed by atoms with E-state index in [2.05, 4.69) is 22.5 Å². The summed E-state index contributed by atoms with van der Waals surface area (Å²) in [5.41, 5.74) is 7.54. The van der Waals surface area contributed by atoms with Crippen LogP contribution in [0.4, 0.5) is 0 Å². The number of rotatable bonds is 3. The van der Waals surface area contributed by atoms with Crippen molar-refractivity contribution >= 4 is 27.5 Å². The first-order valence-electron chi connectivity index (χ1n) is 4.49. The molecule has 0 bridgehead atoms. The molecule has 0 heterocycles. The summed E-state index contributed by atoms with van der Waals surface area (Å²) in [7, 11) is 0. The van der Waals surface area contributed by atoms with Crippen LogP contribution in [-0.2, 0) is 0 Å². The molecule has 1 aromatic carbocycles. The van der Waals surface area contributed by atoms with Gasteiger partial charge in [0.05, 0.1) is 5.02 Å². The second-order valence-electron chi connectivity index (χ2n) is 3.59. The quantitative estimate of drug-likeness (QED) is 0.832. The third-order valence-corrected chi connectivity index (χ3v) is 2.77. The molecule has 0 fully saturated rings. The van der Waals surface area contributed by atoms with Gasteiger partial charge in [0.25, 0.3) is 0 Å². The predicted molar refractivity (Wildman–Crippen MR) is 67.2 cm³/mol. The minimum atomic E-state index is -0.280. The maximum Gasteiger partial charge on any atom is 0.139 e. The van der Waals surface area contributed by atoms with Gasteiger partial charge in [0.15, 0.2) is 0 Å². The fourth-order valence-electron chi connectivity index (χ4n) is 1.35. The van der Waals surface area contributed by atoms with Crippen molar-refractivity contribution in [2.75, 3.05) is 0 Å². The maximum absolute atomic E-state index is 9.74. The van der Waals surface area contributed by atoms with E-state index in [0.29, 0.717) is 17.0 Å². The van der Waals surface area contributed by atoms with Crippen LogP contribution in [0, 0.1) is 0 Å². The number of hydrogen-bond donors (Lipinski definition) is 2. The van der Waals surface area contributed by atoms with Crippen molar-refractivity contribution in [3.63, 3.8) is 0 Å². The van der Waals surface area contributed by atoms with Crippen molar-refractivity contribution in [2.45, 2.75) is 19.4 Å². The van der Waals surface area contributed by atoms with Gasteiger partial charge in [-0.3, -0.25) is 0 Å². The molecule has 0 saturated heterocycles. The van der Waals surface area contributed by atoms with Gasteiger partial charge in [-0.25, -0.2) is 0 Å². The molecule has 0 saturated carbocycles. The maximum atomic E-state index is 9.74. The van der Waals surface area contributed by atoms with Crippen LogP contribution in [0.1, 0.15) is 24.9 Å². The Hall–Kier alpha value is -0.510. The molecular weight excluding hydrogens is 277 g/mol. The van der Waals surface area contributed by atoms with E-state index in [9.17, 15) is 5.11 Å². The third-order valence-electron chi connectivity index (χ3n) is 2.03. The molecule has 1 atom stereocenters. The fraction of sp³-hybridized carbons (Fsp3) is 0.273. The molecule has 82 valence electrons. The highest BCUT2D eigenvalue weighted by molar-refractivity contribution is 9.10. The van der Waals surface area contributed by atoms with E-state index in [1.807, 2.05) is 6.92 Å². The van der Waals surface area contributed by atoms with Crippen molar-refractivity contribution in [1.29, 1.82) is 0 Å². The first-order chi connectivity index (χ1) is 6.91. The van der Waals surface area contributed by atoms with Crippen LogP contribution in [0.3, 0.4) is 0 Å². The van der Waals surface area contributed by atoms with Gasteiger partial charge in [0, 0.05) is 16.1 Å². The fourth-order valence-corrected chi connectivity index (χ4v) is 2.19. The molecule has 3 N–H and O–H groups in total. The molecule has 0 aliphatic rings. The number of aromatic hydroxyl groups is 1. The molecule has 0 amide bonds. The van der Waals surface area contributed by atoms with E-state index in [1.165, 1.54) is 0 Å². The molecule has 0 spiro atoms. The summed E-state index contributed by atoms with van der Waals surface area (Å²) in [6.45, 7) is 5.69. The van der Waals surface area contributed by atoms with E-state index in [0.717, 1.165) is 10.0 Å². The molecule has 2 nitrogen and oxygen atoms in total. The van der Waals surface area contributed by atoms with Gasteiger partial charge in [-0.2, -0.15) is 0 Å². The second-order valence-corrected chi connectivity index (χ2v) is 4.92. The van der Waals surface area contributed by atoms with Crippen molar-refractivity contribution in [3.8, 4) is 5.75 Å². The van der Waals surface area contributed by atoms with E-state index in [4.69, 9.17) is 17.3 Å². The van der Waals surface area contributed by atoms with Crippen LogP contribution < -0.4 is 5.73 Å². The molecule has 15 heavy (non-hydrogen) atoms. The SMILES string of the molecule is C=C(C)C[C@@H](N)c1cc(Br)cc(Cl)c1O. The Kier molecular flexibility index (Phi) is 4.20. The van der Waals surface area contributed by atoms with Crippen LogP contribution in [-0.4, -0.2) is 5.11 Å². The number of phenolic OH excluding ortho intramolecular Hbond substituents is 1. The molecule has 4 heteroatoms. The summed E-state index contributed by atoms with van der Waals surface area (Å²) < 4.78 is 0.803. The molecule has 1 rings (SSSR count). The van der Waals surface area contributed by atoms with Crippen LogP contribution in [0.15, 0.2) is 28.8 Å². The topological polar surface area (TPSA) is 46.2 Å². The van der Waals surface area contributed by atoms with Crippen LogP contribution in [0.5, 0.6) is 5.75 Å². The average molecular weight is 291 g/mol. The normalized spacial score (nSPS) is 12.5. The summed E-state index contributed by atoms with van der Waals surface area (Å²) in [4.78, 5) is 0. The lowest BCUT2D eigenvalue weighted by molar-refractivity contribution is 0.461. The predicted octanol–water partition coefficient (Wildman–Crippen LogP) is 3.77. The van der Waals surface area contributed by atoms with Crippen molar-refractivity contribution < 1.29 is 5.11 Å². The van der Waals surface area contributed by atoms with Gasteiger partial charge in [-0.05, 0) is 25.5 Å². The molecule has 0 aromatic heterocycles. The lowest BCUT2D eigenvalue weighted by Crippen LogP contribution is -2.10.